The number of alkyl halides is 3. The molecule has 0 saturated heterocycles. The number of Topliss-reactive ketones (excluding diaryl/α,β-unsaturated/α-hetero) is 1. The number of rotatable bonds is 8. The van der Waals surface area contributed by atoms with Gasteiger partial charge in [-0.2, -0.15) is 13.2 Å². The molecule has 0 aromatic heterocycles. The first kappa shape index (κ1) is 27.8. The number of carbonyl (C=O) groups is 2. The summed E-state index contributed by atoms with van der Waals surface area (Å²) in [6, 6.07) is 7.76. The van der Waals surface area contributed by atoms with E-state index in [1.54, 1.807) is 6.07 Å². The third-order valence-corrected chi connectivity index (χ3v) is 5.99. The number of para-hydroxylation sites is 1. The Balaban J connectivity index is 2.01. The molecule has 2 aromatic carbocycles. The average molecular weight is 523 g/mol. The van der Waals surface area contributed by atoms with E-state index in [4.69, 9.17) is 11.5 Å². The summed E-state index contributed by atoms with van der Waals surface area (Å²) in [6.45, 7) is -1.30. The van der Waals surface area contributed by atoms with Crippen molar-refractivity contribution in [1.29, 1.82) is 0 Å². The fourth-order valence-electron chi connectivity index (χ4n) is 4.24. The molecular formula is C26H27F5N4O2. The Hall–Kier alpha value is -3.76. The van der Waals surface area contributed by atoms with E-state index in [-0.39, 0.29) is 16.8 Å². The van der Waals surface area contributed by atoms with Gasteiger partial charge in [0.15, 0.2) is 11.5 Å². The predicted octanol–water partition coefficient (Wildman–Crippen LogP) is 4.94. The average Bonchev–Trinajstić information content (AvgIpc) is 2.83. The lowest BCUT2D eigenvalue weighted by Crippen LogP contribution is -2.41. The molecule has 1 fully saturated rings. The Kier molecular flexibility index (Phi) is 9.01. The van der Waals surface area contributed by atoms with Crippen molar-refractivity contribution in [1.82, 2.24) is 4.90 Å². The summed E-state index contributed by atoms with van der Waals surface area (Å²) in [5.74, 6) is -3.85. The molecule has 0 radical (unpaired) electrons. The molecule has 0 bridgehead atoms. The quantitative estimate of drug-likeness (QED) is 0.169. The standard InChI is InChI=1S/C26H27F5N4O2/c27-17-10-16(11-18(28)12-17)14-35(15-23(36)20-8-4-5-9-22(20)33)25(37)21(13-32)24(26(29,30)31)34-19-6-2-1-3-7-19/h4-5,8-13,19H,1-3,6-7,14-15,32-33H2. The van der Waals surface area contributed by atoms with Gasteiger partial charge in [0.25, 0.3) is 5.91 Å². The maximum atomic E-state index is 14.1. The molecule has 3 rings (SSSR count). The number of nitrogens with zero attached hydrogens (tertiary/aromatic N) is 2. The van der Waals surface area contributed by atoms with Crippen LogP contribution in [0.4, 0.5) is 27.6 Å². The van der Waals surface area contributed by atoms with Gasteiger partial charge in [-0.1, -0.05) is 31.4 Å². The summed E-state index contributed by atoms with van der Waals surface area (Å²) in [5.41, 5.74) is 9.00. The van der Waals surface area contributed by atoms with Gasteiger partial charge in [-0.3, -0.25) is 14.6 Å². The molecule has 0 heterocycles. The van der Waals surface area contributed by atoms with Crippen LogP contribution in [0.2, 0.25) is 0 Å². The van der Waals surface area contributed by atoms with Crippen LogP contribution in [0.3, 0.4) is 0 Å². The lowest BCUT2D eigenvalue weighted by Gasteiger charge is -2.26. The zero-order chi connectivity index (χ0) is 27.2. The first-order chi connectivity index (χ1) is 17.5. The number of hydrogen-bond acceptors (Lipinski definition) is 5. The number of aliphatic imine (C=N–C) groups is 1. The molecule has 11 heteroatoms. The zero-order valence-corrected chi connectivity index (χ0v) is 19.9. The van der Waals surface area contributed by atoms with Gasteiger partial charge >= 0.3 is 6.18 Å². The van der Waals surface area contributed by atoms with Crippen LogP contribution < -0.4 is 11.5 Å². The number of hydrogen-bond donors (Lipinski definition) is 2. The highest BCUT2D eigenvalue weighted by atomic mass is 19.4. The number of anilines is 1. The number of nitrogen functional groups attached to an aromatic ring is 1. The van der Waals surface area contributed by atoms with Crippen LogP contribution in [0.5, 0.6) is 0 Å². The van der Waals surface area contributed by atoms with Gasteiger partial charge in [0.05, 0.1) is 18.2 Å². The Labute approximate surface area is 210 Å². The summed E-state index contributed by atoms with van der Waals surface area (Å²) in [4.78, 5) is 31.0. The highest BCUT2D eigenvalue weighted by molar-refractivity contribution is 6.24. The summed E-state index contributed by atoms with van der Waals surface area (Å²) < 4.78 is 69.8. The third kappa shape index (κ3) is 7.37. The van der Waals surface area contributed by atoms with Gasteiger partial charge < -0.3 is 16.4 Å². The molecule has 198 valence electrons. The van der Waals surface area contributed by atoms with Gasteiger partial charge in [0, 0.05) is 30.1 Å². The fraction of sp³-hybridized carbons (Fsp3) is 0.346. The van der Waals surface area contributed by atoms with E-state index in [9.17, 15) is 31.5 Å². The maximum absolute atomic E-state index is 14.1. The van der Waals surface area contributed by atoms with Gasteiger partial charge in [0.1, 0.15) is 11.6 Å². The van der Waals surface area contributed by atoms with Crippen molar-refractivity contribution in [3.8, 4) is 0 Å². The van der Waals surface area contributed by atoms with Crippen LogP contribution in [0.25, 0.3) is 0 Å². The van der Waals surface area contributed by atoms with Crippen LogP contribution >= 0.6 is 0 Å². The van der Waals surface area contributed by atoms with Crippen molar-refractivity contribution in [2.45, 2.75) is 50.9 Å². The van der Waals surface area contributed by atoms with Crippen molar-refractivity contribution in [3.63, 3.8) is 0 Å². The summed E-state index contributed by atoms with van der Waals surface area (Å²) in [6.07, 6.45) is -1.35. The van der Waals surface area contributed by atoms with Crippen LogP contribution in [0, 0.1) is 11.6 Å². The minimum atomic E-state index is -5.01. The molecule has 0 atom stereocenters. The Morgan fingerprint density at radius 3 is 2.22 bits per heavy atom. The lowest BCUT2D eigenvalue weighted by atomic mass is 9.95. The number of halogens is 5. The highest BCUT2D eigenvalue weighted by Gasteiger charge is 2.42. The monoisotopic (exact) mass is 522 g/mol. The van der Waals surface area contributed by atoms with Gasteiger partial charge in [-0.25, -0.2) is 8.78 Å². The van der Waals surface area contributed by atoms with Crippen molar-refractivity contribution >= 4 is 23.1 Å². The first-order valence-electron chi connectivity index (χ1n) is 11.7. The summed E-state index contributed by atoms with van der Waals surface area (Å²) >= 11 is 0. The van der Waals surface area contributed by atoms with Crippen LogP contribution in [-0.4, -0.2) is 41.1 Å². The second-order valence-electron chi connectivity index (χ2n) is 8.80. The SMILES string of the molecule is NC=C(C(=O)N(CC(=O)c1ccccc1N)Cc1cc(F)cc(F)c1)C(=NC1CCCCC1)C(F)(F)F. The van der Waals surface area contributed by atoms with Crippen LogP contribution in [0.1, 0.15) is 48.0 Å². The molecule has 2 aromatic rings. The minimum Gasteiger partial charge on any atom is -0.404 e. The number of benzene rings is 2. The van der Waals surface area contributed by atoms with Crippen molar-refractivity contribution in [2.75, 3.05) is 12.3 Å². The topological polar surface area (TPSA) is 102 Å². The lowest BCUT2D eigenvalue weighted by molar-refractivity contribution is -0.127. The van der Waals surface area contributed by atoms with Crippen LogP contribution in [0.15, 0.2) is 59.2 Å². The molecule has 37 heavy (non-hydrogen) atoms. The largest absolute Gasteiger partial charge is 0.433 e. The molecule has 6 nitrogen and oxygen atoms in total. The summed E-state index contributed by atoms with van der Waals surface area (Å²) in [7, 11) is 0. The van der Waals surface area contributed by atoms with Crippen molar-refractivity contribution < 1.29 is 31.5 Å². The smallest absolute Gasteiger partial charge is 0.404 e. The molecule has 0 unspecified atom stereocenters. The van der Waals surface area contributed by atoms with Crippen molar-refractivity contribution in [3.05, 3.63) is 77.0 Å². The van der Waals surface area contributed by atoms with Crippen molar-refractivity contribution in [2.24, 2.45) is 10.7 Å². The summed E-state index contributed by atoms with van der Waals surface area (Å²) in [5, 5.41) is 0. The second kappa shape index (κ2) is 12.0. The van der Waals surface area contributed by atoms with E-state index in [0.29, 0.717) is 37.9 Å². The van der Waals surface area contributed by atoms with E-state index < -0.39 is 59.9 Å². The number of carbonyl (C=O) groups excluding carboxylic acids is 2. The number of amides is 1. The Bertz CT molecular complexity index is 1180. The normalized spacial score (nSPS) is 15.5. The van der Waals surface area contributed by atoms with E-state index in [1.165, 1.54) is 18.2 Å². The maximum Gasteiger partial charge on any atom is 0.433 e. The molecule has 1 aliphatic carbocycles. The van der Waals surface area contributed by atoms with Crippen LogP contribution in [-0.2, 0) is 11.3 Å². The fourth-order valence-corrected chi connectivity index (χ4v) is 4.24. The molecule has 1 aliphatic rings. The molecule has 0 aliphatic heterocycles. The second-order valence-corrected chi connectivity index (χ2v) is 8.80. The Morgan fingerprint density at radius 2 is 1.65 bits per heavy atom. The minimum absolute atomic E-state index is 0.0379. The van der Waals surface area contributed by atoms with Gasteiger partial charge in [-0.05, 0) is 42.7 Å². The highest BCUT2D eigenvalue weighted by Crippen LogP contribution is 2.28. The van der Waals surface area contributed by atoms with E-state index in [0.717, 1.165) is 23.5 Å². The van der Waals surface area contributed by atoms with E-state index >= 15 is 0 Å². The third-order valence-electron chi connectivity index (χ3n) is 5.99. The van der Waals surface area contributed by atoms with Gasteiger partial charge in [-0.15, -0.1) is 0 Å². The molecule has 4 N–H and O–H groups in total. The molecule has 1 amide bonds. The molecule has 1 saturated carbocycles. The molecular weight excluding hydrogens is 495 g/mol. The van der Waals surface area contributed by atoms with Gasteiger partial charge in [0.2, 0.25) is 0 Å². The van der Waals surface area contributed by atoms with E-state index in [1.807, 2.05) is 0 Å². The van der Waals surface area contributed by atoms with E-state index in [2.05, 4.69) is 4.99 Å². The Morgan fingerprint density at radius 1 is 1.03 bits per heavy atom. The molecule has 0 spiro atoms. The predicted molar refractivity (Wildman–Crippen MR) is 130 cm³/mol. The number of ketones is 1. The first-order valence-corrected chi connectivity index (χ1v) is 11.7. The number of nitrogens with two attached hydrogens (primary N) is 2. The zero-order valence-electron chi connectivity index (χ0n) is 19.9.